The number of hydrogen-bond donors (Lipinski definition) is 9. The summed E-state index contributed by atoms with van der Waals surface area (Å²) in [7, 11) is -4.61. The Hall–Kier alpha value is -0.183. The molecule has 0 saturated heterocycles. The van der Waals surface area contributed by atoms with Crippen LogP contribution < -0.4 is 30.8 Å². The number of hydrogen-bond acceptors (Lipinski definition) is 9. The van der Waals surface area contributed by atoms with Crippen LogP contribution in [0.2, 0.25) is 0 Å². The molecule has 0 aromatic carbocycles. The van der Waals surface area contributed by atoms with Gasteiger partial charge in [0.2, 0.25) is 0 Å². The molecule has 80 valence electrons. The van der Waals surface area contributed by atoms with Gasteiger partial charge < -0.3 is 55.4 Å². The first-order valence-electron chi connectivity index (χ1n) is 0.894. The second-order valence-corrected chi connectivity index (χ2v) is 1.80. The zero-order chi connectivity index (χ0) is 4.50. The van der Waals surface area contributed by atoms with Gasteiger partial charge in [-0.3, -0.25) is 0 Å². The fraction of sp³-hybridized carbons (Fsp3) is 0. The topological polar surface area (TPSA) is 287 Å². The average Bonchev–Trinajstić information content (AvgIpc) is 0.722. The van der Waals surface area contributed by atoms with E-state index in [4.69, 9.17) is 19.2 Å². The van der Waals surface area contributed by atoms with Crippen molar-refractivity contribution in [1.82, 2.24) is 30.8 Å². The van der Waals surface area contributed by atoms with Gasteiger partial charge in [0.25, 0.3) is 0 Å². The molecule has 0 aromatic rings. The van der Waals surface area contributed by atoms with Crippen LogP contribution in [0.25, 0.3) is 0 Å². The zero-order valence-corrected chi connectivity index (χ0v) is 7.32. The minimum absolute atomic E-state index is 0. The van der Waals surface area contributed by atoms with E-state index in [0.717, 1.165) is 0 Å². The molecule has 10 nitrogen and oxygen atoms in total. The maximum atomic E-state index is 7.33. The fourth-order valence-electron chi connectivity index (χ4n) is 0. The van der Waals surface area contributed by atoms with Crippen molar-refractivity contribution in [3.05, 3.63) is 0 Å². The molecule has 0 aliphatic carbocycles. The first-order chi connectivity index (χ1) is 2.00. The molecule has 0 bridgehead atoms. The third-order valence-electron chi connectivity index (χ3n) is 0. The van der Waals surface area contributed by atoms with E-state index in [0.29, 0.717) is 0 Å². The molecule has 21 N–H and O–H groups in total. The van der Waals surface area contributed by atoms with Crippen LogP contribution in [0.4, 0.5) is 0 Å². The van der Waals surface area contributed by atoms with Crippen LogP contribution in [0.1, 0.15) is 0 Å². The van der Waals surface area contributed by atoms with Crippen molar-refractivity contribution in [2.45, 2.75) is 0 Å². The molecule has 0 unspecified atom stereocenters. The Kier molecular flexibility index (Phi) is 147. The van der Waals surface area contributed by atoms with Crippen molar-refractivity contribution in [2.24, 2.45) is 0 Å². The summed E-state index contributed by atoms with van der Waals surface area (Å²) >= 11 is 0. The molecule has 0 rings (SSSR count). The van der Waals surface area contributed by atoms with E-state index in [-0.39, 0.29) is 36.2 Å². The minimum Gasteiger partial charge on any atom is -0.412 e. The quantitative estimate of drug-likeness (QED) is 0.184. The molecule has 0 amide bonds. The van der Waals surface area contributed by atoms with Gasteiger partial charge >= 0.3 is 9.05 Å². The van der Waals surface area contributed by atoms with Crippen LogP contribution in [0.5, 0.6) is 0 Å². The average molecular weight is 199 g/mol. The van der Waals surface area contributed by atoms with Crippen LogP contribution in [-0.4, -0.2) is 33.7 Å². The van der Waals surface area contributed by atoms with E-state index < -0.39 is 9.05 Å². The lowest BCUT2D eigenvalue weighted by Crippen LogP contribution is -2.33. The standard InChI is InChI=1S/5H3N.H4O4Si.H2O/c;;;;;1-5(2,3)4;/h5*1H3;1-4H;1H2. The maximum absolute atomic E-state index is 7.33. The van der Waals surface area contributed by atoms with E-state index in [1.807, 2.05) is 0 Å². The van der Waals surface area contributed by atoms with E-state index in [2.05, 4.69) is 0 Å². The van der Waals surface area contributed by atoms with E-state index in [9.17, 15) is 0 Å². The molecule has 0 aliphatic heterocycles. The van der Waals surface area contributed by atoms with Crippen molar-refractivity contribution in [3.63, 3.8) is 0 Å². The monoisotopic (exact) mass is 199 g/mol. The molecule has 0 aromatic heterocycles. The van der Waals surface area contributed by atoms with Crippen LogP contribution in [0, 0.1) is 0 Å². The molecule has 0 atom stereocenters. The van der Waals surface area contributed by atoms with Gasteiger partial charge in [-0.1, -0.05) is 0 Å². The highest BCUT2D eigenvalue weighted by atomic mass is 28.4. The van der Waals surface area contributed by atoms with Crippen molar-refractivity contribution in [1.29, 1.82) is 0 Å². The Morgan fingerprint density at radius 1 is 0.545 bits per heavy atom. The summed E-state index contributed by atoms with van der Waals surface area (Å²) in [6.07, 6.45) is 0. The minimum atomic E-state index is -4.61. The summed E-state index contributed by atoms with van der Waals surface area (Å²) < 4.78 is 0. The Morgan fingerprint density at radius 2 is 0.545 bits per heavy atom. The SMILES string of the molecule is N.N.N.N.N.O.O[Si](O)(O)O. The summed E-state index contributed by atoms with van der Waals surface area (Å²) in [4.78, 5) is 29.3. The summed E-state index contributed by atoms with van der Waals surface area (Å²) in [5.41, 5.74) is 0. The summed E-state index contributed by atoms with van der Waals surface area (Å²) in [5.74, 6) is 0. The lowest BCUT2D eigenvalue weighted by atomic mass is 14.0. The van der Waals surface area contributed by atoms with Gasteiger partial charge in [0, 0.05) is 0 Å². The predicted octanol–water partition coefficient (Wildman–Crippen LogP) is -2.62. The summed E-state index contributed by atoms with van der Waals surface area (Å²) in [5, 5.41) is 0. The first kappa shape index (κ1) is 71.6. The van der Waals surface area contributed by atoms with Gasteiger partial charge in [-0.05, 0) is 0 Å². The largest absolute Gasteiger partial charge is 0.668 e. The third-order valence-corrected chi connectivity index (χ3v) is 0. The second kappa shape index (κ2) is 22.6. The molecule has 0 saturated carbocycles. The van der Waals surface area contributed by atoms with Gasteiger partial charge in [-0.2, -0.15) is 0 Å². The van der Waals surface area contributed by atoms with Crippen LogP contribution >= 0.6 is 0 Å². The molecule has 0 heterocycles. The molecule has 11 heteroatoms. The molecular weight excluding hydrogens is 178 g/mol. The highest BCUT2D eigenvalue weighted by Crippen LogP contribution is 1.67. The van der Waals surface area contributed by atoms with Gasteiger partial charge in [0.15, 0.2) is 0 Å². The third kappa shape index (κ3) is 17900. The van der Waals surface area contributed by atoms with Gasteiger partial charge in [0.1, 0.15) is 0 Å². The lowest BCUT2D eigenvalue weighted by Gasteiger charge is -1.91. The van der Waals surface area contributed by atoms with Crippen LogP contribution in [0.15, 0.2) is 0 Å². The Morgan fingerprint density at radius 3 is 0.545 bits per heavy atom. The predicted molar refractivity (Wildman–Crippen MR) is 43.4 cm³/mol. The lowest BCUT2D eigenvalue weighted by molar-refractivity contribution is 0.117. The smallest absolute Gasteiger partial charge is 0.412 e. The summed E-state index contributed by atoms with van der Waals surface area (Å²) in [6.45, 7) is 0. The highest BCUT2D eigenvalue weighted by molar-refractivity contribution is 6.46. The van der Waals surface area contributed by atoms with Crippen LogP contribution in [0.3, 0.4) is 0 Å². The van der Waals surface area contributed by atoms with Crippen molar-refractivity contribution < 1.29 is 24.7 Å². The highest BCUT2D eigenvalue weighted by Gasteiger charge is 2.22. The van der Waals surface area contributed by atoms with Crippen molar-refractivity contribution in [3.8, 4) is 0 Å². The van der Waals surface area contributed by atoms with Crippen molar-refractivity contribution in [2.75, 3.05) is 0 Å². The Bertz CT molecular complexity index is 30.3. The van der Waals surface area contributed by atoms with Crippen LogP contribution in [-0.2, 0) is 0 Å². The van der Waals surface area contributed by atoms with E-state index >= 15 is 0 Å². The van der Waals surface area contributed by atoms with E-state index in [1.54, 1.807) is 0 Å². The van der Waals surface area contributed by atoms with Gasteiger partial charge in [-0.15, -0.1) is 0 Å². The molecule has 0 fully saturated rings. The Balaban J connectivity index is -0.00000000533. The first-order valence-corrected chi connectivity index (χ1v) is 2.68. The molecule has 0 aliphatic rings. The van der Waals surface area contributed by atoms with Gasteiger partial charge in [0.05, 0.1) is 0 Å². The molecule has 0 spiro atoms. The normalized spacial score (nSPS) is 5.45. The maximum Gasteiger partial charge on any atom is 0.668 e. The molecular formula is H21N5O5Si. The fourth-order valence-corrected chi connectivity index (χ4v) is 0. The zero-order valence-electron chi connectivity index (χ0n) is 6.32. The van der Waals surface area contributed by atoms with Gasteiger partial charge in [-0.25, -0.2) is 0 Å². The molecule has 0 radical (unpaired) electrons. The van der Waals surface area contributed by atoms with E-state index in [1.165, 1.54) is 0 Å². The number of rotatable bonds is 0. The summed E-state index contributed by atoms with van der Waals surface area (Å²) in [6, 6.07) is 0. The Labute approximate surface area is 65.6 Å². The van der Waals surface area contributed by atoms with Crippen molar-refractivity contribution >= 4 is 9.05 Å². The second-order valence-electron chi connectivity index (χ2n) is 0.600. The molecule has 11 heavy (non-hydrogen) atoms.